The van der Waals surface area contributed by atoms with Gasteiger partial charge < -0.3 is 10.6 Å². The van der Waals surface area contributed by atoms with E-state index in [2.05, 4.69) is 39.6 Å². The van der Waals surface area contributed by atoms with Crippen molar-refractivity contribution in [3.63, 3.8) is 0 Å². The minimum atomic E-state index is 0.347. The maximum Gasteiger partial charge on any atom is 0.0131 e. The van der Waals surface area contributed by atoms with E-state index in [1.807, 2.05) is 0 Å². The molecule has 0 bridgehead atoms. The number of rotatable bonds is 3. The van der Waals surface area contributed by atoms with Gasteiger partial charge in [0.1, 0.15) is 0 Å². The topological polar surface area (TPSA) is 29.3 Å². The molecule has 2 atom stereocenters. The summed E-state index contributed by atoms with van der Waals surface area (Å²) in [7, 11) is 2.32. The molecule has 2 unspecified atom stereocenters. The molecule has 2 aliphatic rings. The minimum Gasteiger partial charge on any atom is -0.327 e. The molecule has 2 saturated carbocycles. The van der Waals surface area contributed by atoms with E-state index in [-0.39, 0.29) is 0 Å². The molecule has 0 saturated heterocycles. The third kappa shape index (κ3) is 3.52. The Morgan fingerprint density at radius 1 is 1.00 bits per heavy atom. The molecule has 2 rings (SSSR count). The number of nitrogens with zero attached hydrogens (tertiary/aromatic N) is 1. The van der Waals surface area contributed by atoms with Crippen LogP contribution in [0, 0.1) is 16.7 Å². The summed E-state index contributed by atoms with van der Waals surface area (Å²) < 4.78 is 0. The van der Waals surface area contributed by atoms with Gasteiger partial charge in [0, 0.05) is 18.6 Å². The van der Waals surface area contributed by atoms with Crippen LogP contribution >= 0.6 is 0 Å². The van der Waals surface area contributed by atoms with Crippen molar-refractivity contribution < 1.29 is 0 Å². The van der Waals surface area contributed by atoms with Gasteiger partial charge in [-0.15, -0.1) is 0 Å². The number of hydrogen-bond donors (Lipinski definition) is 1. The molecule has 0 heterocycles. The van der Waals surface area contributed by atoms with Gasteiger partial charge in [-0.25, -0.2) is 0 Å². The Hall–Kier alpha value is -0.0800. The van der Waals surface area contributed by atoms with Gasteiger partial charge in [-0.3, -0.25) is 0 Å². The average Bonchev–Trinajstić information content (AvgIpc) is 2.56. The molecule has 0 radical (unpaired) electrons. The number of hydrogen-bond acceptors (Lipinski definition) is 2. The zero-order chi connectivity index (χ0) is 14.3. The molecule has 2 fully saturated rings. The molecule has 2 aliphatic carbocycles. The minimum absolute atomic E-state index is 0.347. The summed E-state index contributed by atoms with van der Waals surface area (Å²) >= 11 is 0. The molecule has 0 spiro atoms. The average molecular weight is 266 g/mol. The van der Waals surface area contributed by atoms with Gasteiger partial charge in [0.05, 0.1) is 0 Å². The molecule has 2 heteroatoms. The molecule has 0 aromatic rings. The van der Waals surface area contributed by atoms with E-state index in [0.717, 1.165) is 6.04 Å². The fourth-order valence-corrected chi connectivity index (χ4v) is 4.09. The third-order valence-electron chi connectivity index (χ3n) is 6.02. The van der Waals surface area contributed by atoms with E-state index >= 15 is 0 Å². The van der Waals surface area contributed by atoms with Gasteiger partial charge in [0.2, 0.25) is 0 Å². The second-order valence-electron chi connectivity index (χ2n) is 8.65. The lowest BCUT2D eigenvalue weighted by Crippen LogP contribution is -2.45. The van der Waals surface area contributed by atoms with Crippen molar-refractivity contribution in [1.82, 2.24) is 4.90 Å². The van der Waals surface area contributed by atoms with Crippen molar-refractivity contribution >= 4 is 0 Å². The molecular formula is C17H34N2. The van der Waals surface area contributed by atoms with Crippen LogP contribution in [0.25, 0.3) is 0 Å². The second kappa shape index (κ2) is 5.37. The van der Waals surface area contributed by atoms with E-state index < -0.39 is 0 Å². The van der Waals surface area contributed by atoms with Crippen molar-refractivity contribution in [2.24, 2.45) is 22.5 Å². The van der Waals surface area contributed by atoms with Crippen LogP contribution in [0.3, 0.4) is 0 Å². The van der Waals surface area contributed by atoms with Crippen LogP contribution in [0.4, 0.5) is 0 Å². The van der Waals surface area contributed by atoms with E-state index in [0.29, 0.717) is 22.8 Å². The fraction of sp³-hybridized carbons (Fsp3) is 1.00. The van der Waals surface area contributed by atoms with E-state index in [4.69, 9.17) is 5.73 Å². The molecule has 2 N–H and O–H groups in total. The van der Waals surface area contributed by atoms with E-state index in [9.17, 15) is 0 Å². The van der Waals surface area contributed by atoms with Gasteiger partial charge >= 0.3 is 0 Å². The second-order valence-corrected chi connectivity index (χ2v) is 8.65. The van der Waals surface area contributed by atoms with Crippen LogP contribution in [0.15, 0.2) is 0 Å². The van der Waals surface area contributed by atoms with Crippen LogP contribution < -0.4 is 5.73 Å². The summed E-state index contributed by atoms with van der Waals surface area (Å²) in [6.45, 7) is 10.7. The van der Waals surface area contributed by atoms with Crippen LogP contribution in [0.2, 0.25) is 0 Å². The molecule has 0 amide bonds. The lowest BCUT2D eigenvalue weighted by atomic mass is 9.75. The van der Waals surface area contributed by atoms with Crippen molar-refractivity contribution in [2.45, 2.75) is 78.3 Å². The Balaban J connectivity index is 1.84. The zero-order valence-corrected chi connectivity index (χ0v) is 13.7. The molecule has 0 aliphatic heterocycles. The van der Waals surface area contributed by atoms with Gasteiger partial charge in [-0.2, -0.15) is 0 Å². The summed E-state index contributed by atoms with van der Waals surface area (Å²) in [6.07, 6.45) is 8.11. The van der Waals surface area contributed by atoms with Crippen LogP contribution in [0.1, 0.15) is 66.2 Å². The first kappa shape index (κ1) is 15.3. The number of nitrogens with two attached hydrogens (primary N) is 1. The van der Waals surface area contributed by atoms with E-state index in [1.165, 1.54) is 45.1 Å². The highest BCUT2D eigenvalue weighted by molar-refractivity contribution is 4.95. The standard InChI is InChI=1S/C17H34N2/c1-16(2)9-7-14(8-10-16)19(5)12-13-6-11-17(3,4)15(13)18/h13-15H,6-12,18H2,1-5H3. The Kier molecular flexibility index (Phi) is 4.32. The maximum atomic E-state index is 6.45. The summed E-state index contributed by atoms with van der Waals surface area (Å²) in [5, 5.41) is 0. The molecule has 19 heavy (non-hydrogen) atoms. The van der Waals surface area contributed by atoms with Crippen molar-refractivity contribution in [1.29, 1.82) is 0 Å². The van der Waals surface area contributed by atoms with Gasteiger partial charge in [0.15, 0.2) is 0 Å². The smallest absolute Gasteiger partial charge is 0.0131 e. The Labute approximate surface area is 120 Å². The summed E-state index contributed by atoms with van der Waals surface area (Å²) in [4.78, 5) is 2.61. The predicted molar refractivity (Wildman–Crippen MR) is 83.1 cm³/mol. The molecule has 2 nitrogen and oxygen atoms in total. The summed E-state index contributed by atoms with van der Waals surface area (Å²) in [5.41, 5.74) is 7.37. The van der Waals surface area contributed by atoms with Gasteiger partial charge in [-0.1, -0.05) is 27.7 Å². The van der Waals surface area contributed by atoms with Crippen molar-refractivity contribution in [2.75, 3.05) is 13.6 Å². The maximum absolute atomic E-state index is 6.45. The van der Waals surface area contributed by atoms with Crippen LogP contribution in [-0.2, 0) is 0 Å². The molecule has 112 valence electrons. The van der Waals surface area contributed by atoms with Crippen LogP contribution in [0.5, 0.6) is 0 Å². The molecule has 0 aromatic heterocycles. The first-order valence-corrected chi connectivity index (χ1v) is 8.17. The molecule has 0 aromatic carbocycles. The molecular weight excluding hydrogens is 232 g/mol. The Morgan fingerprint density at radius 2 is 1.58 bits per heavy atom. The predicted octanol–water partition coefficient (Wildman–Crippen LogP) is 3.65. The third-order valence-corrected chi connectivity index (χ3v) is 6.02. The van der Waals surface area contributed by atoms with Crippen molar-refractivity contribution in [3.05, 3.63) is 0 Å². The first-order valence-electron chi connectivity index (χ1n) is 8.17. The van der Waals surface area contributed by atoms with Crippen molar-refractivity contribution in [3.8, 4) is 0 Å². The van der Waals surface area contributed by atoms with E-state index in [1.54, 1.807) is 0 Å². The van der Waals surface area contributed by atoms with Gasteiger partial charge in [-0.05, 0) is 62.3 Å². The normalized spacial score (nSPS) is 34.9. The highest BCUT2D eigenvalue weighted by atomic mass is 15.1. The van der Waals surface area contributed by atoms with Crippen LogP contribution in [-0.4, -0.2) is 30.6 Å². The fourth-order valence-electron chi connectivity index (χ4n) is 4.09. The zero-order valence-electron chi connectivity index (χ0n) is 13.7. The Morgan fingerprint density at radius 3 is 2.05 bits per heavy atom. The monoisotopic (exact) mass is 266 g/mol. The van der Waals surface area contributed by atoms with Gasteiger partial charge in [0.25, 0.3) is 0 Å². The highest BCUT2D eigenvalue weighted by Crippen LogP contribution is 2.41. The lowest BCUT2D eigenvalue weighted by molar-refractivity contribution is 0.110. The first-order chi connectivity index (χ1) is 8.71. The Bertz CT molecular complexity index is 298. The lowest BCUT2D eigenvalue weighted by Gasteiger charge is -2.40. The highest BCUT2D eigenvalue weighted by Gasteiger charge is 2.40. The quantitative estimate of drug-likeness (QED) is 0.845. The summed E-state index contributed by atoms with van der Waals surface area (Å²) in [6, 6.07) is 1.18. The SMILES string of the molecule is CN(CC1CCC(C)(C)C1N)C1CCC(C)(C)CC1. The largest absolute Gasteiger partial charge is 0.327 e. The summed E-state index contributed by atoms with van der Waals surface area (Å²) in [5.74, 6) is 0.704.